The fourth-order valence-corrected chi connectivity index (χ4v) is 1.85. The van der Waals surface area contributed by atoms with Crippen molar-refractivity contribution in [3.63, 3.8) is 0 Å². The third kappa shape index (κ3) is 3.48. The second kappa shape index (κ2) is 6.24. The van der Waals surface area contributed by atoms with Crippen molar-refractivity contribution >= 4 is 29.0 Å². The first-order chi connectivity index (χ1) is 7.58. The zero-order valence-electron chi connectivity index (χ0n) is 9.39. The molecule has 2 nitrogen and oxygen atoms in total. The van der Waals surface area contributed by atoms with E-state index >= 15 is 0 Å². The Kier molecular flexibility index (Phi) is 5.26. The Morgan fingerprint density at radius 2 is 2.06 bits per heavy atom. The minimum Gasteiger partial charge on any atom is -0.310 e. The molecule has 1 N–H and O–H groups in total. The van der Waals surface area contributed by atoms with Gasteiger partial charge in [0.15, 0.2) is 0 Å². The van der Waals surface area contributed by atoms with Crippen LogP contribution in [0.4, 0.5) is 0 Å². The lowest BCUT2D eigenvalue weighted by Gasteiger charge is -2.14. The smallest absolute Gasteiger partial charge is 0.149 e. The van der Waals surface area contributed by atoms with Crippen molar-refractivity contribution in [3.8, 4) is 0 Å². The van der Waals surface area contributed by atoms with E-state index in [1.165, 1.54) is 0 Å². The predicted octanol–water partition coefficient (Wildman–Crippen LogP) is 3.10. The number of hydrogen-bond donors (Lipinski definition) is 1. The summed E-state index contributed by atoms with van der Waals surface area (Å²) in [6, 6.07) is 5.29. The Hall–Kier alpha value is -0.570. The number of Topliss-reactive ketones (excluding diaryl/α,β-unsaturated/α-hetero) is 1. The third-order valence-corrected chi connectivity index (χ3v) is 3.25. The topological polar surface area (TPSA) is 29.1 Å². The summed E-state index contributed by atoms with van der Waals surface area (Å²) in [6.07, 6.45) is 1.17. The number of carbonyl (C=O) groups excluding carboxylic acids is 1. The lowest BCUT2D eigenvalue weighted by atomic mass is 10.0. The van der Waals surface area contributed by atoms with Gasteiger partial charge in [-0.2, -0.15) is 0 Å². The largest absolute Gasteiger partial charge is 0.310 e. The van der Waals surface area contributed by atoms with Gasteiger partial charge in [-0.1, -0.05) is 36.2 Å². The third-order valence-electron chi connectivity index (χ3n) is 2.51. The molecule has 4 heteroatoms. The molecule has 16 heavy (non-hydrogen) atoms. The molecule has 0 aliphatic heterocycles. The average Bonchev–Trinajstić information content (AvgIpc) is 2.29. The van der Waals surface area contributed by atoms with E-state index < -0.39 is 0 Å². The van der Waals surface area contributed by atoms with Crippen LogP contribution in [0.5, 0.6) is 0 Å². The number of hydrogen-bond acceptors (Lipinski definition) is 2. The first-order valence-corrected chi connectivity index (χ1v) is 5.98. The van der Waals surface area contributed by atoms with Crippen LogP contribution >= 0.6 is 23.2 Å². The highest BCUT2D eigenvalue weighted by Crippen LogP contribution is 2.23. The van der Waals surface area contributed by atoms with Gasteiger partial charge in [0.05, 0.1) is 16.1 Å². The summed E-state index contributed by atoms with van der Waals surface area (Å²) in [5.41, 5.74) is 1.01. The number of ketones is 1. The molecule has 0 aliphatic rings. The van der Waals surface area contributed by atoms with Crippen LogP contribution in [0.3, 0.4) is 0 Å². The van der Waals surface area contributed by atoms with Gasteiger partial charge in [0.1, 0.15) is 5.78 Å². The van der Waals surface area contributed by atoms with Gasteiger partial charge >= 0.3 is 0 Å². The van der Waals surface area contributed by atoms with Gasteiger partial charge in [0, 0.05) is 6.42 Å². The van der Waals surface area contributed by atoms with Gasteiger partial charge in [-0.3, -0.25) is 4.79 Å². The Labute approximate surface area is 106 Å². The lowest BCUT2D eigenvalue weighted by Crippen LogP contribution is -2.35. The van der Waals surface area contributed by atoms with Crippen molar-refractivity contribution in [1.82, 2.24) is 5.32 Å². The van der Waals surface area contributed by atoms with E-state index in [1.54, 1.807) is 19.2 Å². The van der Waals surface area contributed by atoms with Crippen LogP contribution in [0, 0.1) is 0 Å². The molecule has 0 amide bonds. The molecule has 1 atom stereocenters. The van der Waals surface area contributed by atoms with Gasteiger partial charge in [-0.25, -0.2) is 0 Å². The van der Waals surface area contributed by atoms with Crippen molar-refractivity contribution in [2.75, 3.05) is 7.05 Å². The van der Waals surface area contributed by atoms with E-state index in [4.69, 9.17) is 23.2 Å². The highest BCUT2D eigenvalue weighted by atomic mass is 35.5. The molecule has 88 valence electrons. The first kappa shape index (κ1) is 13.5. The summed E-state index contributed by atoms with van der Waals surface area (Å²) < 4.78 is 0. The molecule has 1 rings (SSSR count). The number of halogens is 2. The van der Waals surface area contributed by atoms with E-state index in [0.717, 1.165) is 5.56 Å². The van der Waals surface area contributed by atoms with E-state index in [-0.39, 0.29) is 11.8 Å². The summed E-state index contributed by atoms with van der Waals surface area (Å²) in [4.78, 5) is 11.6. The van der Waals surface area contributed by atoms with Crippen molar-refractivity contribution in [2.45, 2.75) is 25.8 Å². The SMILES string of the molecule is CCC(=O)C(Cc1ccc(Cl)c(Cl)c1)NC. The molecule has 1 aromatic carbocycles. The van der Waals surface area contributed by atoms with Crippen LogP contribution in [0.15, 0.2) is 18.2 Å². The van der Waals surface area contributed by atoms with Crippen molar-refractivity contribution in [1.29, 1.82) is 0 Å². The zero-order valence-corrected chi connectivity index (χ0v) is 10.9. The predicted molar refractivity (Wildman–Crippen MR) is 68.3 cm³/mol. The summed E-state index contributed by atoms with van der Waals surface area (Å²) in [5.74, 6) is 0.202. The molecular weight excluding hydrogens is 245 g/mol. The minimum absolute atomic E-state index is 0.151. The maximum absolute atomic E-state index is 11.6. The number of nitrogens with one attached hydrogen (secondary N) is 1. The molecule has 0 bridgehead atoms. The van der Waals surface area contributed by atoms with Crippen LogP contribution in [0.1, 0.15) is 18.9 Å². The molecule has 1 aromatic rings. The molecule has 0 saturated heterocycles. The molecule has 1 unspecified atom stereocenters. The lowest BCUT2D eigenvalue weighted by molar-refractivity contribution is -0.120. The molecule has 0 fully saturated rings. The van der Waals surface area contributed by atoms with Crippen LogP contribution in [-0.4, -0.2) is 18.9 Å². The molecule has 0 spiro atoms. The maximum Gasteiger partial charge on any atom is 0.149 e. The second-order valence-corrected chi connectivity index (χ2v) is 4.43. The van der Waals surface area contributed by atoms with E-state index in [1.807, 2.05) is 13.0 Å². The molecular formula is C12H15Cl2NO. The maximum atomic E-state index is 11.6. The van der Waals surface area contributed by atoms with Gasteiger partial charge in [-0.05, 0) is 31.2 Å². The Bertz CT molecular complexity index is 379. The fraction of sp³-hybridized carbons (Fsp3) is 0.417. The summed E-state index contributed by atoms with van der Waals surface area (Å²) in [7, 11) is 1.79. The number of likely N-dealkylation sites (N-methyl/N-ethyl adjacent to an activating group) is 1. The highest BCUT2D eigenvalue weighted by molar-refractivity contribution is 6.42. The van der Waals surface area contributed by atoms with Crippen molar-refractivity contribution in [3.05, 3.63) is 33.8 Å². The van der Waals surface area contributed by atoms with E-state index in [2.05, 4.69) is 5.32 Å². The standard InChI is InChI=1S/C12H15Cl2NO/c1-3-12(16)11(15-2)7-8-4-5-9(13)10(14)6-8/h4-6,11,15H,3,7H2,1-2H3. The van der Waals surface area contributed by atoms with Crippen molar-refractivity contribution < 1.29 is 4.79 Å². The Balaban J connectivity index is 2.78. The molecule has 0 aliphatic carbocycles. The van der Waals surface area contributed by atoms with Crippen LogP contribution < -0.4 is 5.32 Å². The number of benzene rings is 1. The normalized spacial score (nSPS) is 12.5. The molecule has 0 radical (unpaired) electrons. The second-order valence-electron chi connectivity index (χ2n) is 3.61. The summed E-state index contributed by atoms with van der Waals surface area (Å²) in [5, 5.41) is 4.07. The number of carbonyl (C=O) groups is 1. The highest BCUT2D eigenvalue weighted by Gasteiger charge is 2.15. The Morgan fingerprint density at radius 1 is 1.38 bits per heavy atom. The minimum atomic E-state index is -0.151. The summed E-state index contributed by atoms with van der Waals surface area (Å²) >= 11 is 11.7. The van der Waals surface area contributed by atoms with Gasteiger partial charge in [-0.15, -0.1) is 0 Å². The van der Waals surface area contributed by atoms with Crippen LogP contribution in [0.2, 0.25) is 10.0 Å². The number of rotatable bonds is 5. The van der Waals surface area contributed by atoms with E-state index in [0.29, 0.717) is 22.9 Å². The zero-order chi connectivity index (χ0) is 12.1. The fourth-order valence-electron chi connectivity index (χ4n) is 1.53. The molecule has 0 heterocycles. The Morgan fingerprint density at radius 3 is 2.56 bits per heavy atom. The average molecular weight is 260 g/mol. The first-order valence-electron chi connectivity index (χ1n) is 5.22. The molecule has 0 aromatic heterocycles. The van der Waals surface area contributed by atoms with Crippen molar-refractivity contribution in [2.24, 2.45) is 0 Å². The van der Waals surface area contributed by atoms with Crippen LogP contribution in [0.25, 0.3) is 0 Å². The van der Waals surface area contributed by atoms with Crippen LogP contribution in [-0.2, 0) is 11.2 Å². The molecule has 0 saturated carbocycles. The summed E-state index contributed by atoms with van der Waals surface area (Å²) in [6.45, 7) is 1.86. The quantitative estimate of drug-likeness (QED) is 0.881. The monoisotopic (exact) mass is 259 g/mol. The van der Waals surface area contributed by atoms with Gasteiger partial charge in [0.25, 0.3) is 0 Å². The van der Waals surface area contributed by atoms with Gasteiger partial charge < -0.3 is 5.32 Å². The van der Waals surface area contributed by atoms with E-state index in [9.17, 15) is 4.79 Å². The van der Waals surface area contributed by atoms with Gasteiger partial charge in [0.2, 0.25) is 0 Å².